The minimum absolute atomic E-state index is 0.0545. The fraction of sp³-hybridized carbons (Fsp3) is 0.357. The van der Waals surface area contributed by atoms with Crippen LogP contribution in [-0.4, -0.2) is 31.0 Å². The fourth-order valence-corrected chi connectivity index (χ4v) is 1.62. The van der Waals surface area contributed by atoms with E-state index in [-0.39, 0.29) is 11.5 Å². The Hall–Kier alpha value is -1.84. The molecule has 0 aliphatic carbocycles. The first-order valence-electron chi connectivity index (χ1n) is 5.76. The maximum Gasteiger partial charge on any atom is 0.257 e. The first-order valence-corrected chi connectivity index (χ1v) is 5.76. The molecule has 98 valence electrons. The topological polar surface area (TPSA) is 29.5 Å². The second-order valence-corrected chi connectivity index (χ2v) is 4.12. The van der Waals surface area contributed by atoms with Crippen molar-refractivity contribution in [2.24, 2.45) is 0 Å². The summed E-state index contributed by atoms with van der Waals surface area (Å²) in [5.41, 5.74) is 0.915. The molecule has 0 fully saturated rings. The van der Waals surface area contributed by atoms with Gasteiger partial charge in [0.05, 0.1) is 12.7 Å². The van der Waals surface area contributed by atoms with Gasteiger partial charge >= 0.3 is 0 Å². The first-order chi connectivity index (χ1) is 8.49. The van der Waals surface area contributed by atoms with Gasteiger partial charge in [0.1, 0.15) is 11.6 Å². The maximum absolute atomic E-state index is 13.8. The molecule has 3 nitrogen and oxygen atoms in total. The van der Waals surface area contributed by atoms with Crippen LogP contribution in [0.4, 0.5) is 4.39 Å². The number of rotatable bonds is 5. The van der Waals surface area contributed by atoms with E-state index in [2.05, 4.69) is 6.58 Å². The standard InChI is InChI=1S/C14H18FNO2/c1-5-16(9-10(2)3)14(17)12-7-6-11(18-4)8-13(12)15/h6-8H,2,5,9H2,1,3-4H3. The van der Waals surface area contributed by atoms with E-state index >= 15 is 0 Å². The third-order valence-electron chi connectivity index (χ3n) is 2.54. The molecule has 0 unspecified atom stereocenters. The molecule has 0 aliphatic heterocycles. The molecule has 0 aliphatic rings. The molecule has 1 amide bonds. The van der Waals surface area contributed by atoms with E-state index in [1.165, 1.54) is 19.2 Å². The summed E-state index contributed by atoms with van der Waals surface area (Å²) >= 11 is 0. The van der Waals surface area contributed by atoms with Crippen LogP contribution in [0.5, 0.6) is 5.75 Å². The number of carbonyl (C=O) groups is 1. The summed E-state index contributed by atoms with van der Waals surface area (Å²) in [6, 6.07) is 4.23. The number of benzene rings is 1. The number of amides is 1. The molecule has 0 heterocycles. The SMILES string of the molecule is C=C(C)CN(CC)C(=O)c1ccc(OC)cc1F. The molecule has 1 aromatic carbocycles. The van der Waals surface area contributed by atoms with Crippen LogP contribution in [0, 0.1) is 5.82 Å². The van der Waals surface area contributed by atoms with Gasteiger partial charge in [0.15, 0.2) is 0 Å². The van der Waals surface area contributed by atoms with Gasteiger partial charge < -0.3 is 9.64 Å². The van der Waals surface area contributed by atoms with Crippen molar-refractivity contribution in [2.45, 2.75) is 13.8 Å². The minimum atomic E-state index is -0.570. The lowest BCUT2D eigenvalue weighted by Crippen LogP contribution is -2.32. The average molecular weight is 251 g/mol. The van der Waals surface area contributed by atoms with Gasteiger partial charge in [0.25, 0.3) is 5.91 Å². The van der Waals surface area contributed by atoms with Crippen molar-refractivity contribution >= 4 is 5.91 Å². The molecule has 0 aromatic heterocycles. The Labute approximate surface area is 107 Å². The number of carbonyl (C=O) groups excluding carboxylic acids is 1. The van der Waals surface area contributed by atoms with Gasteiger partial charge in [0, 0.05) is 19.2 Å². The molecule has 0 saturated heterocycles. The van der Waals surface area contributed by atoms with Crippen LogP contribution in [0.15, 0.2) is 30.4 Å². The van der Waals surface area contributed by atoms with Crippen LogP contribution in [0.25, 0.3) is 0 Å². The third kappa shape index (κ3) is 3.32. The molecular formula is C14H18FNO2. The maximum atomic E-state index is 13.8. The van der Waals surface area contributed by atoms with E-state index in [1.807, 2.05) is 13.8 Å². The van der Waals surface area contributed by atoms with Crippen LogP contribution in [0.1, 0.15) is 24.2 Å². The van der Waals surface area contributed by atoms with Gasteiger partial charge in [-0.25, -0.2) is 4.39 Å². The second-order valence-electron chi connectivity index (χ2n) is 4.12. The number of hydrogen-bond acceptors (Lipinski definition) is 2. The molecule has 1 rings (SSSR count). The first kappa shape index (κ1) is 14.2. The molecule has 0 radical (unpaired) electrons. The highest BCUT2D eigenvalue weighted by Gasteiger charge is 2.18. The van der Waals surface area contributed by atoms with E-state index in [0.717, 1.165) is 5.57 Å². The summed E-state index contributed by atoms with van der Waals surface area (Å²) in [7, 11) is 1.45. The summed E-state index contributed by atoms with van der Waals surface area (Å²) < 4.78 is 18.7. The third-order valence-corrected chi connectivity index (χ3v) is 2.54. The van der Waals surface area contributed by atoms with Crippen LogP contribution < -0.4 is 4.74 Å². The Morgan fingerprint density at radius 1 is 1.50 bits per heavy atom. The van der Waals surface area contributed by atoms with Crippen LogP contribution in [0.3, 0.4) is 0 Å². The number of halogens is 1. The average Bonchev–Trinajstić information content (AvgIpc) is 2.34. The molecule has 0 saturated carbocycles. The van der Waals surface area contributed by atoms with E-state index in [4.69, 9.17) is 4.74 Å². The van der Waals surface area contributed by atoms with Crippen molar-refractivity contribution in [3.8, 4) is 5.75 Å². The normalized spacial score (nSPS) is 10.0. The zero-order valence-electron chi connectivity index (χ0n) is 11.0. The molecule has 18 heavy (non-hydrogen) atoms. The second kappa shape index (κ2) is 6.19. The van der Waals surface area contributed by atoms with E-state index in [0.29, 0.717) is 18.8 Å². The van der Waals surface area contributed by atoms with Gasteiger partial charge in [-0.2, -0.15) is 0 Å². The zero-order valence-corrected chi connectivity index (χ0v) is 11.0. The van der Waals surface area contributed by atoms with Gasteiger partial charge in [-0.1, -0.05) is 12.2 Å². The number of nitrogens with zero attached hydrogens (tertiary/aromatic N) is 1. The van der Waals surface area contributed by atoms with Gasteiger partial charge in [-0.15, -0.1) is 0 Å². The Bertz CT molecular complexity index is 457. The van der Waals surface area contributed by atoms with E-state index < -0.39 is 5.82 Å². The van der Waals surface area contributed by atoms with Crippen LogP contribution in [-0.2, 0) is 0 Å². The van der Waals surface area contributed by atoms with E-state index in [9.17, 15) is 9.18 Å². The van der Waals surface area contributed by atoms with Crippen molar-refractivity contribution in [3.05, 3.63) is 41.7 Å². The number of hydrogen-bond donors (Lipinski definition) is 0. The summed E-state index contributed by atoms with van der Waals surface area (Å²) in [5, 5.41) is 0. The molecule has 1 aromatic rings. The molecule has 0 atom stereocenters. The van der Waals surface area contributed by atoms with Gasteiger partial charge in [-0.3, -0.25) is 4.79 Å². The molecule has 0 N–H and O–H groups in total. The fourth-order valence-electron chi connectivity index (χ4n) is 1.62. The van der Waals surface area contributed by atoms with E-state index in [1.54, 1.807) is 11.0 Å². The number of methoxy groups -OCH3 is 1. The molecule has 0 bridgehead atoms. The molecule has 0 spiro atoms. The summed E-state index contributed by atoms with van der Waals surface area (Å²) in [6.07, 6.45) is 0. The van der Waals surface area contributed by atoms with Crippen molar-refractivity contribution in [3.63, 3.8) is 0 Å². The summed E-state index contributed by atoms with van der Waals surface area (Å²) in [4.78, 5) is 13.7. The predicted octanol–water partition coefficient (Wildman–Crippen LogP) is 2.87. The Morgan fingerprint density at radius 2 is 2.17 bits per heavy atom. The minimum Gasteiger partial charge on any atom is -0.497 e. The van der Waals surface area contributed by atoms with Crippen molar-refractivity contribution in [2.75, 3.05) is 20.2 Å². The summed E-state index contributed by atoms with van der Waals surface area (Å²) in [5.74, 6) is -0.507. The Balaban J connectivity index is 2.98. The highest BCUT2D eigenvalue weighted by atomic mass is 19.1. The zero-order chi connectivity index (χ0) is 13.7. The van der Waals surface area contributed by atoms with Crippen molar-refractivity contribution in [1.82, 2.24) is 4.90 Å². The van der Waals surface area contributed by atoms with Gasteiger partial charge in [0.2, 0.25) is 0 Å². The van der Waals surface area contributed by atoms with Crippen LogP contribution in [0.2, 0.25) is 0 Å². The smallest absolute Gasteiger partial charge is 0.257 e. The highest BCUT2D eigenvalue weighted by Crippen LogP contribution is 2.18. The quantitative estimate of drug-likeness (QED) is 0.753. The highest BCUT2D eigenvalue weighted by molar-refractivity contribution is 5.94. The molecular weight excluding hydrogens is 233 g/mol. The number of likely N-dealkylation sites (N-methyl/N-ethyl adjacent to an activating group) is 1. The molecule has 4 heteroatoms. The predicted molar refractivity (Wildman–Crippen MR) is 69.3 cm³/mol. The van der Waals surface area contributed by atoms with Gasteiger partial charge in [-0.05, 0) is 26.0 Å². The largest absolute Gasteiger partial charge is 0.497 e. The Morgan fingerprint density at radius 3 is 2.61 bits per heavy atom. The van der Waals surface area contributed by atoms with Crippen LogP contribution >= 0.6 is 0 Å². The number of ether oxygens (including phenoxy) is 1. The van der Waals surface area contributed by atoms with Crippen molar-refractivity contribution < 1.29 is 13.9 Å². The van der Waals surface area contributed by atoms with Crippen molar-refractivity contribution in [1.29, 1.82) is 0 Å². The Kier molecular flexibility index (Phi) is 4.89. The summed E-state index contributed by atoms with van der Waals surface area (Å²) in [6.45, 7) is 8.39. The monoisotopic (exact) mass is 251 g/mol. The lowest BCUT2D eigenvalue weighted by Gasteiger charge is -2.21. The lowest BCUT2D eigenvalue weighted by molar-refractivity contribution is 0.0773. The lowest BCUT2D eigenvalue weighted by atomic mass is 10.1.